The van der Waals surface area contributed by atoms with Gasteiger partial charge in [0.25, 0.3) is 0 Å². The molecule has 108 valence electrons. The van der Waals surface area contributed by atoms with Gasteiger partial charge in [0.15, 0.2) is 0 Å². The van der Waals surface area contributed by atoms with Crippen LogP contribution in [0.25, 0.3) is 0 Å². The summed E-state index contributed by atoms with van der Waals surface area (Å²) in [4.78, 5) is 25.8. The first-order valence-electron chi connectivity index (χ1n) is 6.61. The van der Waals surface area contributed by atoms with E-state index in [1.54, 1.807) is 10.4 Å². The molecule has 1 aliphatic rings. The standard InChI is InChI=1S/C14H14N4O2S/c19-12-6-11(13(20)16-14-17-15-9-21-14)8-18(12)7-10-4-2-1-3-5-10/h1-5,9,11H,6-8H2,(H,16,17,20)/t11-/m1/s1. The van der Waals surface area contributed by atoms with Gasteiger partial charge in [-0.2, -0.15) is 0 Å². The number of likely N-dealkylation sites (tertiary alicyclic amines) is 1. The lowest BCUT2D eigenvalue weighted by Crippen LogP contribution is -2.28. The Hall–Kier alpha value is -2.28. The molecule has 1 aromatic heterocycles. The average molecular weight is 302 g/mol. The lowest BCUT2D eigenvalue weighted by molar-refractivity contribution is -0.128. The van der Waals surface area contributed by atoms with Gasteiger partial charge in [0, 0.05) is 19.5 Å². The summed E-state index contributed by atoms with van der Waals surface area (Å²) in [6.45, 7) is 0.987. The maximum absolute atomic E-state index is 12.1. The number of carbonyl (C=O) groups is 2. The third kappa shape index (κ3) is 3.25. The molecule has 0 unspecified atom stereocenters. The minimum atomic E-state index is -0.329. The molecule has 0 radical (unpaired) electrons. The lowest BCUT2D eigenvalue weighted by Gasteiger charge is -2.16. The van der Waals surface area contributed by atoms with Crippen molar-refractivity contribution in [3.8, 4) is 0 Å². The molecule has 2 amide bonds. The Labute approximate surface area is 125 Å². The zero-order valence-corrected chi connectivity index (χ0v) is 12.0. The maximum Gasteiger partial charge on any atom is 0.231 e. The SMILES string of the molecule is O=C(Nc1nncs1)[C@@H]1CC(=O)N(Cc2ccccc2)C1. The number of amides is 2. The van der Waals surface area contributed by atoms with Gasteiger partial charge in [0.2, 0.25) is 16.9 Å². The first kappa shape index (κ1) is 13.7. The Morgan fingerprint density at radius 3 is 2.90 bits per heavy atom. The van der Waals surface area contributed by atoms with E-state index in [9.17, 15) is 9.59 Å². The molecule has 6 nitrogen and oxygen atoms in total. The smallest absolute Gasteiger partial charge is 0.231 e. The third-order valence-electron chi connectivity index (χ3n) is 3.39. The fourth-order valence-electron chi connectivity index (χ4n) is 2.34. The molecule has 1 aromatic carbocycles. The zero-order valence-electron chi connectivity index (χ0n) is 11.2. The van der Waals surface area contributed by atoms with Gasteiger partial charge in [0.1, 0.15) is 5.51 Å². The van der Waals surface area contributed by atoms with Crippen molar-refractivity contribution in [2.45, 2.75) is 13.0 Å². The van der Waals surface area contributed by atoms with E-state index in [-0.39, 0.29) is 24.2 Å². The van der Waals surface area contributed by atoms with Gasteiger partial charge < -0.3 is 10.2 Å². The van der Waals surface area contributed by atoms with Crippen molar-refractivity contribution in [3.05, 3.63) is 41.4 Å². The minimum Gasteiger partial charge on any atom is -0.338 e. The van der Waals surface area contributed by atoms with Crippen molar-refractivity contribution >= 4 is 28.3 Å². The van der Waals surface area contributed by atoms with Gasteiger partial charge in [-0.3, -0.25) is 9.59 Å². The molecule has 0 spiro atoms. The van der Waals surface area contributed by atoms with Crippen LogP contribution in [0.1, 0.15) is 12.0 Å². The summed E-state index contributed by atoms with van der Waals surface area (Å²) in [6.07, 6.45) is 0.247. The summed E-state index contributed by atoms with van der Waals surface area (Å²) in [5.74, 6) is -0.489. The van der Waals surface area contributed by atoms with Crippen LogP contribution in [-0.2, 0) is 16.1 Å². The largest absolute Gasteiger partial charge is 0.338 e. The monoisotopic (exact) mass is 302 g/mol. The van der Waals surface area contributed by atoms with Crippen molar-refractivity contribution < 1.29 is 9.59 Å². The van der Waals surface area contributed by atoms with Crippen LogP contribution in [0.4, 0.5) is 5.13 Å². The Morgan fingerprint density at radius 1 is 1.38 bits per heavy atom. The summed E-state index contributed by atoms with van der Waals surface area (Å²) in [6, 6.07) is 9.77. The van der Waals surface area contributed by atoms with E-state index >= 15 is 0 Å². The van der Waals surface area contributed by atoms with Crippen molar-refractivity contribution in [3.63, 3.8) is 0 Å². The van der Waals surface area contributed by atoms with Crippen LogP contribution in [0.5, 0.6) is 0 Å². The van der Waals surface area contributed by atoms with E-state index in [1.807, 2.05) is 30.3 Å². The molecule has 1 saturated heterocycles. The zero-order chi connectivity index (χ0) is 14.7. The van der Waals surface area contributed by atoms with Crippen LogP contribution >= 0.6 is 11.3 Å². The number of rotatable bonds is 4. The Kier molecular flexibility index (Phi) is 3.92. The topological polar surface area (TPSA) is 75.2 Å². The van der Waals surface area contributed by atoms with Crippen LogP contribution in [0.15, 0.2) is 35.8 Å². The fraction of sp³-hybridized carbons (Fsp3) is 0.286. The number of nitrogens with zero attached hydrogens (tertiary/aromatic N) is 3. The van der Waals surface area contributed by atoms with Crippen molar-refractivity contribution in [2.24, 2.45) is 5.92 Å². The lowest BCUT2D eigenvalue weighted by atomic mass is 10.1. The van der Waals surface area contributed by atoms with E-state index in [1.165, 1.54) is 11.3 Å². The minimum absolute atomic E-state index is 0.0104. The molecule has 7 heteroatoms. The second-order valence-electron chi connectivity index (χ2n) is 4.89. The normalized spacial score (nSPS) is 18.0. The second kappa shape index (κ2) is 6.01. The van der Waals surface area contributed by atoms with Crippen LogP contribution in [0.2, 0.25) is 0 Å². The number of hydrogen-bond donors (Lipinski definition) is 1. The molecule has 0 saturated carbocycles. The van der Waals surface area contributed by atoms with E-state index in [2.05, 4.69) is 15.5 Å². The summed E-state index contributed by atoms with van der Waals surface area (Å²) >= 11 is 1.26. The number of aromatic nitrogens is 2. The number of carbonyl (C=O) groups excluding carboxylic acids is 2. The van der Waals surface area contributed by atoms with Gasteiger partial charge in [-0.1, -0.05) is 41.7 Å². The van der Waals surface area contributed by atoms with E-state index in [4.69, 9.17) is 0 Å². The van der Waals surface area contributed by atoms with E-state index < -0.39 is 0 Å². The summed E-state index contributed by atoms with van der Waals surface area (Å²) in [5, 5.41) is 10.6. The number of benzene rings is 1. The van der Waals surface area contributed by atoms with Crippen molar-refractivity contribution in [1.82, 2.24) is 15.1 Å². The summed E-state index contributed by atoms with van der Waals surface area (Å²) < 4.78 is 0. The highest BCUT2D eigenvalue weighted by Gasteiger charge is 2.34. The highest BCUT2D eigenvalue weighted by Crippen LogP contribution is 2.22. The average Bonchev–Trinajstić information content (AvgIpc) is 3.11. The van der Waals surface area contributed by atoms with E-state index in [0.717, 1.165) is 5.56 Å². The maximum atomic E-state index is 12.1. The molecule has 1 fully saturated rings. The highest BCUT2D eigenvalue weighted by atomic mass is 32.1. The molecular formula is C14H14N4O2S. The molecule has 2 heterocycles. The van der Waals surface area contributed by atoms with Gasteiger partial charge in [-0.25, -0.2) is 0 Å². The van der Waals surface area contributed by atoms with Crippen LogP contribution < -0.4 is 5.32 Å². The summed E-state index contributed by atoms with van der Waals surface area (Å²) in [5.41, 5.74) is 2.62. The molecule has 3 rings (SSSR count). The Morgan fingerprint density at radius 2 is 2.19 bits per heavy atom. The van der Waals surface area contributed by atoms with Crippen LogP contribution in [-0.4, -0.2) is 33.5 Å². The first-order chi connectivity index (χ1) is 10.2. The second-order valence-corrected chi connectivity index (χ2v) is 5.73. The molecule has 0 bridgehead atoms. The Balaban J connectivity index is 1.60. The molecule has 1 atom stereocenters. The molecule has 0 aliphatic carbocycles. The summed E-state index contributed by atoms with van der Waals surface area (Å²) in [7, 11) is 0. The molecular weight excluding hydrogens is 288 g/mol. The molecule has 2 aromatic rings. The van der Waals surface area contributed by atoms with E-state index in [0.29, 0.717) is 18.2 Å². The quantitative estimate of drug-likeness (QED) is 0.929. The third-order valence-corrected chi connectivity index (χ3v) is 4.00. The van der Waals surface area contributed by atoms with Gasteiger partial charge in [-0.05, 0) is 5.56 Å². The fourth-order valence-corrected chi connectivity index (χ4v) is 2.79. The number of nitrogens with one attached hydrogen (secondary N) is 1. The molecule has 1 N–H and O–H groups in total. The number of hydrogen-bond acceptors (Lipinski definition) is 5. The van der Waals surface area contributed by atoms with Gasteiger partial charge >= 0.3 is 0 Å². The predicted molar refractivity (Wildman–Crippen MR) is 78.5 cm³/mol. The Bertz CT molecular complexity index is 630. The van der Waals surface area contributed by atoms with Crippen molar-refractivity contribution in [1.29, 1.82) is 0 Å². The highest BCUT2D eigenvalue weighted by molar-refractivity contribution is 7.13. The van der Waals surface area contributed by atoms with Gasteiger partial charge in [0.05, 0.1) is 5.92 Å². The van der Waals surface area contributed by atoms with Crippen LogP contribution in [0, 0.1) is 5.92 Å². The van der Waals surface area contributed by atoms with Crippen molar-refractivity contribution in [2.75, 3.05) is 11.9 Å². The van der Waals surface area contributed by atoms with Gasteiger partial charge in [-0.15, -0.1) is 10.2 Å². The first-order valence-corrected chi connectivity index (χ1v) is 7.49. The number of anilines is 1. The van der Waals surface area contributed by atoms with Crippen LogP contribution in [0.3, 0.4) is 0 Å². The predicted octanol–water partition coefficient (Wildman–Crippen LogP) is 1.53. The molecule has 1 aliphatic heterocycles. The molecule has 21 heavy (non-hydrogen) atoms.